The van der Waals surface area contributed by atoms with Crippen LogP contribution in [0.15, 0.2) is 53.0 Å². The van der Waals surface area contributed by atoms with E-state index in [0.717, 1.165) is 15.6 Å². The highest BCUT2D eigenvalue weighted by Crippen LogP contribution is 2.31. The van der Waals surface area contributed by atoms with Crippen LogP contribution in [0.25, 0.3) is 0 Å². The number of carbonyl (C=O) groups is 2. The first-order valence-corrected chi connectivity index (χ1v) is 8.26. The molecule has 1 heterocycles. The zero-order valence-electron chi connectivity index (χ0n) is 13.4. The third kappa shape index (κ3) is 2.89. The Morgan fingerprint density at radius 1 is 1.08 bits per heavy atom. The number of hydrogen-bond acceptors (Lipinski definition) is 3. The van der Waals surface area contributed by atoms with Crippen LogP contribution in [0.2, 0.25) is 0 Å². The van der Waals surface area contributed by atoms with Crippen molar-refractivity contribution in [2.75, 3.05) is 7.11 Å². The van der Waals surface area contributed by atoms with Gasteiger partial charge in [-0.05, 0) is 42.3 Å². The molecule has 0 aromatic heterocycles. The third-order valence-electron chi connectivity index (χ3n) is 4.20. The summed E-state index contributed by atoms with van der Waals surface area (Å²) < 4.78 is 6.09. The van der Waals surface area contributed by atoms with E-state index < -0.39 is 5.54 Å². The Morgan fingerprint density at radius 2 is 1.71 bits per heavy atom. The van der Waals surface area contributed by atoms with Gasteiger partial charge in [0.2, 0.25) is 0 Å². The Morgan fingerprint density at radius 3 is 2.29 bits per heavy atom. The smallest absolute Gasteiger partial charge is 0.325 e. The molecule has 1 N–H and O–H groups in total. The van der Waals surface area contributed by atoms with Gasteiger partial charge in [-0.3, -0.25) is 9.69 Å². The van der Waals surface area contributed by atoms with Crippen molar-refractivity contribution in [3.8, 4) is 5.75 Å². The standard InChI is InChI=1S/C18H17BrN2O3/c1-18(13-5-9-15(24-2)10-6-13)16(22)21(17(23)20-18)11-12-3-7-14(19)8-4-12/h3-10H,11H2,1-2H3,(H,20,23)/t18-/m1/s1. The first-order chi connectivity index (χ1) is 11.4. The number of benzene rings is 2. The highest BCUT2D eigenvalue weighted by Gasteiger charge is 2.48. The molecule has 24 heavy (non-hydrogen) atoms. The molecule has 3 amide bonds. The molecule has 1 saturated heterocycles. The van der Waals surface area contributed by atoms with Gasteiger partial charge in [0, 0.05) is 4.47 Å². The first kappa shape index (κ1) is 16.5. The maximum atomic E-state index is 12.9. The summed E-state index contributed by atoms with van der Waals surface area (Å²) in [4.78, 5) is 26.4. The lowest BCUT2D eigenvalue weighted by atomic mass is 9.92. The minimum absolute atomic E-state index is 0.240. The van der Waals surface area contributed by atoms with Gasteiger partial charge in [-0.25, -0.2) is 4.79 Å². The molecule has 1 atom stereocenters. The highest BCUT2D eigenvalue weighted by atomic mass is 79.9. The number of methoxy groups -OCH3 is 1. The zero-order chi connectivity index (χ0) is 17.3. The molecule has 1 aliphatic rings. The second-order valence-corrected chi connectivity index (χ2v) is 6.72. The van der Waals surface area contributed by atoms with Gasteiger partial charge in [0.1, 0.15) is 11.3 Å². The average Bonchev–Trinajstić information content (AvgIpc) is 2.81. The summed E-state index contributed by atoms with van der Waals surface area (Å²) in [7, 11) is 1.58. The van der Waals surface area contributed by atoms with E-state index in [2.05, 4.69) is 21.2 Å². The van der Waals surface area contributed by atoms with E-state index in [1.54, 1.807) is 38.3 Å². The van der Waals surface area contributed by atoms with Crippen molar-refractivity contribution >= 4 is 27.9 Å². The van der Waals surface area contributed by atoms with E-state index in [0.29, 0.717) is 5.75 Å². The Balaban J connectivity index is 1.85. The summed E-state index contributed by atoms with van der Waals surface area (Å²) in [5, 5.41) is 2.80. The zero-order valence-corrected chi connectivity index (χ0v) is 15.0. The van der Waals surface area contributed by atoms with E-state index in [-0.39, 0.29) is 18.5 Å². The van der Waals surface area contributed by atoms with Crippen molar-refractivity contribution in [3.63, 3.8) is 0 Å². The second kappa shape index (κ2) is 6.28. The number of carbonyl (C=O) groups excluding carboxylic acids is 2. The summed E-state index contributed by atoms with van der Waals surface area (Å²) in [6.45, 7) is 1.96. The van der Waals surface area contributed by atoms with Crippen molar-refractivity contribution in [2.45, 2.75) is 19.0 Å². The normalized spacial score (nSPS) is 20.2. The van der Waals surface area contributed by atoms with Crippen LogP contribution in [-0.2, 0) is 16.9 Å². The number of nitrogens with one attached hydrogen (secondary N) is 1. The number of amides is 3. The SMILES string of the molecule is COc1ccc([C@@]2(C)NC(=O)N(Cc3ccc(Br)cc3)C2=O)cc1. The van der Waals surface area contributed by atoms with Crippen LogP contribution in [0.3, 0.4) is 0 Å². The lowest BCUT2D eigenvalue weighted by molar-refractivity contribution is -0.131. The fourth-order valence-corrected chi connectivity index (χ4v) is 3.00. The van der Waals surface area contributed by atoms with Gasteiger partial charge in [-0.2, -0.15) is 0 Å². The van der Waals surface area contributed by atoms with Crippen LogP contribution in [0, 0.1) is 0 Å². The summed E-state index contributed by atoms with van der Waals surface area (Å²) in [5.74, 6) is 0.437. The van der Waals surface area contributed by atoms with Crippen LogP contribution in [-0.4, -0.2) is 23.9 Å². The molecule has 0 bridgehead atoms. The number of imide groups is 1. The van der Waals surface area contributed by atoms with Crippen LogP contribution in [0.4, 0.5) is 4.79 Å². The number of rotatable bonds is 4. The number of ether oxygens (including phenoxy) is 1. The minimum Gasteiger partial charge on any atom is -0.497 e. The molecule has 6 heteroatoms. The van der Waals surface area contributed by atoms with Gasteiger partial charge in [-0.15, -0.1) is 0 Å². The summed E-state index contributed by atoms with van der Waals surface area (Å²) in [5.41, 5.74) is 0.541. The molecular formula is C18H17BrN2O3. The van der Waals surface area contributed by atoms with E-state index in [1.807, 2.05) is 24.3 Å². The lowest BCUT2D eigenvalue weighted by Gasteiger charge is -2.22. The van der Waals surface area contributed by atoms with Crippen LogP contribution in [0.5, 0.6) is 5.75 Å². The lowest BCUT2D eigenvalue weighted by Crippen LogP contribution is -2.40. The van der Waals surface area contributed by atoms with Crippen molar-refractivity contribution in [3.05, 3.63) is 64.1 Å². The minimum atomic E-state index is -1.07. The molecule has 0 spiro atoms. The Labute approximate surface area is 148 Å². The monoisotopic (exact) mass is 388 g/mol. The maximum Gasteiger partial charge on any atom is 0.325 e. The van der Waals surface area contributed by atoms with Crippen molar-refractivity contribution < 1.29 is 14.3 Å². The van der Waals surface area contributed by atoms with Crippen molar-refractivity contribution in [2.24, 2.45) is 0 Å². The van der Waals surface area contributed by atoms with E-state index in [9.17, 15) is 9.59 Å². The molecule has 0 radical (unpaired) electrons. The predicted octanol–water partition coefficient (Wildman–Crippen LogP) is 3.42. The van der Waals surface area contributed by atoms with Crippen LogP contribution >= 0.6 is 15.9 Å². The average molecular weight is 389 g/mol. The van der Waals surface area contributed by atoms with E-state index in [1.165, 1.54) is 4.90 Å². The van der Waals surface area contributed by atoms with Crippen LogP contribution < -0.4 is 10.1 Å². The van der Waals surface area contributed by atoms with Gasteiger partial charge in [-0.1, -0.05) is 40.2 Å². The van der Waals surface area contributed by atoms with E-state index >= 15 is 0 Å². The molecule has 0 unspecified atom stereocenters. The van der Waals surface area contributed by atoms with Gasteiger partial charge in [0.05, 0.1) is 13.7 Å². The maximum absolute atomic E-state index is 12.9. The molecule has 124 valence electrons. The summed E-state index contributed by atoms with van der Waals surface area (Å²) >= 11 is 3.37. The summed E-state index contributed by atoms with van der Waals surface area (Å²) in [6, 6.07) is 14.3. The molecule has 2 aromatic carbocycles. The van der Waals surface area contributed by atoms with Gasteiger partial charge < -0.3 is 10.1 Å². The molecule has 0 saturated carbocycles. The number of nitrogens with zero attached hydrogens (tertiary/aromatic N) is 1. The quantitative estimate of drug-likeness (QED) is 0.816. The molecular weight excluding hydrogens is 372 g/mol. The topological polar surface area (TPSA) is 58.6 Å². The molecule has 3 rings (SSSR count). The molecule has 1 fully saturated rings. The summed E-state index contributed by atoms with van der Waals surface area (Å²) in [6.07, 6.45) is 0. The third-order valence-corrected chi connectivity index (χ3v) is 4.72. The molecule has 2 aromatic rings. The number of urea groups is 1. The Bertz CT molecular complexity index is 774. The van der Waals surface area contributed by atoms with Gasteiger partial charge in [0.25, 0.3) is 5.91 Å². The molecule has 0 aliphatic carbocycles. The molecule has 5 nitrogen and oxygen atoms in total. The van der Waals surface area contributed by atoms with Gasteiger partial charge >= 0.3 is 6.03 Å². The van der Waals surface area contributed by atoms with Gasteiger partial charge in [0.15, 0.2) is 0 Å². The second-order valence-electron chi connectivity index (χ2n) is 5.80. The Hall–Kier alpha value is -2.34. The van der Waals surface area contributed by atoms with Crippen LogP contribution in [0.1, 0.15) is 18.1 Å². The number of halogens is 1. The van der Waals surface area contributed by atoms with E-state index in [4.69, 9.17) is 4.74 Å². The first-order valence-electron chi connectivity index (χ1n) is 7.47. The molecule has 1 aliphatic heterocycles. The fourth-order valence-electron chi connectivity index (χ4n) is 2.73. The Kier molecular flexibility index (Phi) is 4.32. The number of hydrogen-bond donors (Lipinski definition) is 1. The predicted molar refractivity (Wildman–Crippen MR) is 93.6 cm³/mol. The van der Waals surface area contributed by atoms with Crippen molar-refractivity contribution in [1.29, 1.82) is 0 Å². The fraction of sp³-hybridized carbons (Fsp3) is 0.222. The van der Waals surface area contributed by atoms with Crippen molar-refractivity contribution in [1.82, 2.24) is 10.2 Å². The largest absolute Gasteiger partial charge is 0.497 e. The highest BCUT2D eigenvalue weighted by molar-refractivity contribution is 9.10.